The van der Waals surface area contributed by atoms with E-state index >= 15 is 0 Å². The molecule has 0 bridgehead atoms. The average molecular weight is 448 g/mol. The Kier molecular flexibility index (Phi) is 4.47. The molecule has 1 N–H and O–H groups in total. The number of sulfonamides is 1. The first kappa shape index (κ1) is 17.8. The third kappa shape index (κ3) is 2.98. The van der Waals surface area contributed by atoms with Crippen LogP contribution in [0.3, 0.4) is 0 Å². The van der Waals surface area contributed by atoms with Crippen LogP contribution in [0.15, 0.2) is 20.8 Å². The molecular formula is C13H7BrF5NO2S2. The van der Waals surface area contributed by atoms with Gasteiger partial charge in [-0.1, -0.05) is 0 Å². The number of hydrogen-bond donors (Lipinski definition) is 1. The van der Waals surface area contributed by atoms with Gasteiger partial charge in [0.05, 0.1) is 3.79 Å². The summed E-state index contributed by atoms with van der Waals surface area (Å²) in [5.41, 5.74) is 0. The number of benzene rings is 1. The predicted molar refractivity (Wildman–Crippen MR) is 79.7 cm³/mol. The fraction of sp³-hybridized carbons (Fsp3) is 0.231. The average Bonchev–Trinajstić information content (AvgIpc) is 3.11. The molecule has 1 aliphatic carbocycles. The number of hydrogen-bond acceptors (Lipinski definition) is 3. The Bertz CT molecular complexity index is 902. The molecule has 0 radical (unpaired) electrons. The van der Waals surface area contributed by atoms with Crippen LogP contribution < -0.4 is 4.72 Å². The standard InChI is InChI=1S/C13H7BrF5NO2S2/c14-7-2-1-6(23-7)4-3-5(4)20-24(21,22)13-11(18)9(16)8(15)10(17)12(13)19/h1-2,4-5,20H,3H2/t4-,5-/m1/s1. The molecule has 1 aromatic heterocycles. The van der Waals surface area contributed by atoms with Gasteiger partial charge in [0, 0.05) is 16.8 Å². The van der Waals surface area contributed by atoms with Crippen molar-refractivity contribution in [2.24, 2.45) is 0 Å². The molecule has 1 fully saturated rings. The molecule has 0 amide bonds. The lowest BCUT2D eigenvalue weighted by Gasteiger charge is -2.10. The zero-order chi connectivity index (χ0) is 17.8. The molecule has 0 saturated heterocycles. The van der Waals surface area contributed by atoms with Gasteiger partial charge in [-0.3, -0.25) is 0 Å². The summed E-state index contributed by atoms with van der Waals surface area (Å²) in [6, 6.07) is 2.84. The first-order valence-electron chi connectivity index (χ1n) is 6.42. The molecule has 2 atom stereocenters. The quantitative estimate of drug-likeness (QED) is 0.436. The number of rotatable bonds is 4. The Labute approximate surface area is 145 Å². The van der Waals surface area contributed by atoms with Crippen molar-refractivity contribution in [2.45, 2.75) is 23.3 Å². The highest BCUT2D eigenvalue weighted by Crippen LogP contribution is 2.45. The second kappa shape index (κ2) is 6.04. The minimum absolute atomic E-state index is 0.211. The molecule has 130 valence electrons. The van der Waals surface area contributed by atoms with E-state index in [2.05, 4.69) is 15.9 Å². The van der Waals surface area contributed by atoms with E-state index in [9.17, 15) is 30.4 Å². The van der Waals surface area contributed by atoms with Crippen LogP contribution in [0.1, 0.15) is 17.2 Å². The van der Waals surface area contributed by atoms with Crippen LogP contribution in [0.4, 0.5) is 22.0 Å². The van der Waals surface area contributed by atoms with Crippen molar-refractivity contribution in [3.63, 3.8) is 0 Å². The van der Waals surface area contributed by atoms with Crippen LogP contribution in [-0.4, -0.2) is 14.5 Å². The SMILES string of the molecule is O=S(=O)(N[C@@H]1C[C@H]1c1ccc(Br)s1)c1c(F)c(F)c(F)c(F)c1F. The van der Waals surface area contributed by atoms with E-state index in [0.29, 0.717) is 6.42 Å². The lowest BCUT2D eigenvalue weighted by Crippen LogP contribution is -2.29. The third-order valence-corrected chi connectivity index (χ3v) is 6.76. The van der Waals surface area contributed by atoms with Crippen LogP contribution in [0.2, 0.25) is 0 Å². The maximum absolute atomic E-state index is 13.6. The highest BCUT2D eigenvalue weighted by Gasteiger charge is 2.44. The van der Waals surface area contributed by atoms with Crippen LogP contribution in [0, 0.1) is 29.1 Å². The fourth-order valence-electron chi connectivity index (χ4n) is 2.25. The van der Waals surface area contributed by atoms with Crippen molar-refractivity contribution < 1.29 is 30.4 Å². The Morgan fingerprint density at radius 1 is 1.00 bits per heavy atom. The summed E-state index contributed by atoms with van der Waals surface area (Å²) in [4.78, 5) is -1.02. The molecule has 1 aliphatic rings. The van der Waals surface area contributed by atoms with E-state index in [0.717, 1.165) is 8.66 Å². The molecule has 1 aromatic carbocycles. The van der Waals surface area contributed by atoms with Crippen LogP contribution >= 0.6 is 27.3 Å². The van der Waals surface area contributed by atoms with E-state index in [1.165, 1.54) is 11.3 Å². The van der Waals surface area contributed by atoms with Crippen molar-refractivity contribution in [1.29, 1.82) is 0 Å². The third-order valence-electron chi connectivity index (χ3n) is 3.49. The van der Waals surface area contributed by atoms with E-state index in [-0.39, 0.29) is 5.92 Å². The largest absolute Gasteiger partial charge is 0.246 e. The Hall–Kier alpha value is -1.04. The van der Waals surface area contributed by atoms with Gasteiger partial charge in [0.2, 0.25) is 15.8 Å². The molecule has 1 heterocycles. The lowest BCUT2D eigenvalue weighted by atomic mass is 10.3. The summed E-state index contributed by atoms with van der Waals surface area (Å²) in [6.45, 7) is 0. The van der Waals surface area contributed by atoms with Gasteiger partial charge >= 0.3 is 0 Å². The molecule has 3 nitrogen and oxygen atoms in total. The first-order valence-corrected chi connectivity index (χ1v) is 9.51. The Morgan fingerprint density at radius 2 is 1.54 bits per heavy atom. The number of thiophene rings is 1. The molecule has 0 spiro atoms. The molecule has 3 rings (SSSR count). The summed E-state index contributed by atoms with van der Waals surface area (Å²) in [5, 5.41) is 0. The van der Waals surface area contributed by atoms with Gasteiger partial charge in [0.15, 0.2) is 28.2 Å². The van der Waals surface area contributed by atoms with E-state index in [1.54, 1.807) is 12.1 Å². The topological polar surface area (TPSA) is 46.2 Å². The van der Waals surface area contributed by atoms with Crippen molar-refractivity contribution in [3.05, 3.63) is 49.9 Å². The van der Waals surface area contributed by atoms with Crippen molar-refractivity contribution in [2.75, 3.05) is 0 Å². The second-order valence-corrected chi connectivity index (χ2v) is 9.26. The normalized spacial score (nSPS) is 20.4. The maximum Gasteiger partial charge on any atom is 0.246 e. The summed E-state index contributed by atoms with van der Waals surface area (Å²) >= 11 is 4.61. The van der Waals surface area contributed by atoms with Crippen molar-refractivity contribution >= 4 is 37.3 Å². The van der Waals surface area contributed by atoms with E-state index < -0.39 is 50.0 Å². The van der Waals surface area contributed by atoms with Crippen molar-refractivity contribution in [3.8, 4) is 0 Å². The molecule has 2 aromatic rings. The summed E-state index contributed by atoms with van der Waals surface area (Å²) < 4.78 is 93.6. The highest BCUT2D eigenvalue weighted by molar-refractivity contribution is 9.11. The zero-order valence-corrected chi connectivity index (χ0v) is 14.6. The molecule has 24 heavy (non-hydrogen) atoms. The van der Waals surface area contributed by atoms with Gasteiger partial charge in [0.1, 0.15) is 0 Å². The summed E-state index contributed by atoms with van der Waals surface area (Å²) in [5.74, 6) is -12.0. The van der Waals surface area contributed by atoms with Crippen molar-refractivity contribution in [1.82, 2.24) is 4.72 Å². The van der Waals surface area contributed by atoms with Gasteiger partial charge in [-0.05, 0) is 34.5 Å². The van der Waals surface area contributed by atoms with Gasteiger partial charge < -0.3 is 0 Å². The highest BCUT2D eigenvalue weighted by atomic mass is 79.9. The fourth-order valence-corrected chi connectivity index (χ4v) is 5.28. The maximum atomic E-state index is 13.6. The van der Waals surface area contributed by atoms with Crippen LogP contribution in [0.5, 0.6) is 0 Å². The Balaban J connectivity index is 1.90. The minimum atomic E-state index is -4.91. The van der Waals surface area contributed by atoms with Gasteiger partial charge in [-0.15, -0.1) is 11.3 Å². The lowest BCUT2D eigenvalue weighted by molar-refractivity contribution is 0.357. The Morgan fingerprint density at radius 3 is 2.04 bits per heavy atom. The first-order chi connectivity index (χ1) is 11.1. The van der Waals surface area contributed by atoms with Crippen LogP contribution in [0.25, 0.3) is 0 Å². The smallest absolute Gasteiger partial charge is 0.207 e. The molecular weight excluding hydrogens is 441 g/mol. The predicted octanol–water partition coefficient (Wildman–Crippen LogP) is 4.04. The summed E-state index contributed by atoms with van der Waals surface area (Å²) in [6.07, 6.45) is 0.363. The van der Waals surface area contributed by atoms with Gasteiger partial charge in [-0.25, -0.2) is 35.1 Å². The second-order valence-electron chi connectivity index (χ2n) is 5.11. The molecule has 11 heteroatoms. The zero-order valence-electron chi connectivity index (χ0n) is 11.4. The van der Waals surface area contributed by atoms with E-state index in [1.807, 2.05) is 4.72 Å². The minimum Gasteiger partial charge on any atom is -0.207 e. The number of halogens is 6. The summed E-state index contributed by atoms with van der Waals surface area (Å²) in [7, 11) is -4.91. The van der Waals surface area contributed by atoms with E-state index in [4.69, 9.17) is 0 Å². The monoisotopic (exact) mass is 447 g/mol. The molecule has 0 aliphatic heterocycles. The van der Waals surface area contributed by atoms with Gasteiger partial charge in [-0.2, -0.15) is 0 Å². The molecule has 0 unspecified atom stereocenters. The molecule has 1 saturated carbocycles. The van der Waals surface area contributed by atoms with Crippen LogP contribution in [-0.2, 0) is 10.0 Å². The number of nitrogens with one attached hydrogen (secondary N) is 1. The van der Waals surface area contributed by atoms with Gasteiger partial charge in [0.25, 0.3) is 0 Å².